The third-order valence-corrected chi connectivity index (χ3v) is 6.14. The van der Waals surface area contributed by atoms with Crippen LogP contribution in [-0.4, -0.2) is 43.0 Å². The fourth-order valence-corrected chi connectivity index (χ4v) is 4.42. The molecule has 0 radical (unpaired) electrons. The lowest BCUT2D eigenvalue weighted by molar-refractivity contribution is -0.119. The van der Waals surface area contributed by atoms with Crippen molar-refractivity contribution in [3.05, 3.63) is 65.5 Å². The van der Waals surface area contributed by atoms with Gasteiger partial charge in [0.25, 0.3) is 0 Å². The Morgan fingerprint density at radius 3 is 2.40 bits per heavy atom. The number of hydrogen-bond donors (Lipinski definition) is 1. The molecule has 2 aromatic rings. The number of rotatable bonds is 4. The molecule has 2 aliphatic heterocycles. The number of amides is 1. The zero-order chi connectivity index (χ0) is 21.5. The second kappa shape index (κ2) is 10.6. The van der Waals surface area contributed by atoms with Crippen molar-refractivity contribution >= 4 is 11.6 Å². The molecule has 2 aliphatic rings. The molecular weight excluding hydrogens is 377 g/mol. The van der Waals surface area contributed by atoms with Crippen LogP contribution < -0.4 is 10.2 Å². The van der Waals surface area contributed by atoms with Crippen LogP contribution in [0.15, 0.2) is 48.5 Å². The number of nitrogens with one attached hydrogen (secondary N) is 1. The van der Waals surface area contributed by atoms with Gasteiger partial charge in [-0.1, -0.05) is 37.3 Å². The van der Waals surface area contributed by atoms with E-state index in [1.54, 1.807) is 25.1 Å². The zero-order valence-corrected chi connectivity index (χ0v) is 18.4. The smallest absolute Gasteiger partial charge is 0.217 e. The molecule has 0 aliphatic carbocycles. The Morgan fingerprint density at radius 2 is 1.83 bits per heavy atom. The molecule has 30 heavy (non-hydrogen) atoms. The van der Waals surface area contributed by atoms with Gasteiger partial charge in [0, 0.05) is 38.3 Å². The maximum Gasteiger partial charge on any atom is 0.217 e. The minimum Gasteiger partial charge on any atom is -0.368 e. The maximum atomic E-state index is 11.9. The van der Waals surface area contributed by atoms with E-state index >= 15 is 0 Å². The highest BCUT2D eigenvalue weighted by atomic mass is 19.1. The molecule has 5 heteroatoms. The maximum absolute atomic E-state index is 11.9. The van der Waals surface area contributed by atoms with Crippen molar-refractivity contribution in [1.29, 1.82) is 0 Å². The summed E-state index contributed by atoms with van der Waals surface area (Å²) in [6.45, 7) is 10.6. The van der Waals surface area contributed by atoms with Crippen LogP contribution in [0.25, 0.3) is 0 Å². The van der Waals surface area contributed by atoms with Gasteiger partial charge in [0.05, 0.1) is 6.04 Å². The van der Waals surface area contributed by atoms with Crippen LogP contribution in [0.2, 0.25) is 0 Å². The second-order valence-corrected chi connectivity index (χ2v) is 8.21. The predicted molar refractivity (Wildman–Crippen MR) is 121 cm³/mol. The van der Waals surface area contributed by atoms with Crippen LogP contribution in [0.1, 0.15) is 50.8 Å². The Labute approximate surface area is 180 Å². The molecular formula is C25H34FN3O. The Morgan fingerprint density at radius 1 is 1.13 bits per heavy atom. The minimum absolute atomic E-state index is 0.0294. The molecule has 2 aromatic carbocycles. The highest BCUT2D eigenvalue weighted by Crippen LogP contribution is 2.34. The topological polar surface area (TPSA) is 35.6 Å². The van der Waals surface area contributed by atoms with Crippen LogP contribution in [-0.2, 0) is 11.2 Å². The van der Waals surface area contributed by atoms with E-state index in [2.05, 4.69) is 47.2 Å². The zero-order valence-electron chi connectivity index (χ0n) is 18.4. The van der Waals surface area contributed by atoms with E-state index in [9.17, 15) is 9.18 Å². The van der Waals surface area contributed by atoms with Gasteiger partial charge in [0.1, 0.15) is 5.82 Å². The van der Waals surface area contributed by atoms with Crippen molar-refractivity contribution in [2.24, 2.45) is 0 Å². The van der Waals surface area contributed by atoms with Crippen LogP contribution >= 0.6 is 0 Å². The predicted octanol–water partition coefficient (Wildman–Crippen LogP) is 4.56. The molecule has 0 bridgehead atoms. The molecule has 1 amide bonds. The van der Waals surface area contributed by atoms with E-state index in [-0.39, 0.29) is 17.8 Å². The quantitative estimate of drug-likeness (QED) is 0.801. The standard InChI is InChI=1S/C19H29N3O.C6H5F/c1-4-21-10-8-18(9-11-21)22-12-7-16-5-6-17(13-19(16)22)14(2)20-15(3)23;7-6-4-2-1-3-5-6/h5-6,13-14,18H,4,7-12H2,1-3H3,(H,20,23);1-5H. The summed E-state index contributed by atoms with van der Waals surface area (Å²) in [5, 5.41) is 2.99. The summed E-state index contributed by atoms with van der Waals surface area (Å²) in [7, 11) is 0. The first kappa shape index (κ1) is 22.3. The molecule has 162 valence electrons. The molecule has 4 nitrogen and oxygen atoms in total. The summed E-state index contributed by atoms with van der Waals surface area (Å²) in [6.07, 6.45) is 3.68. The van der Waals surface area contributed by atoms with Gasteiger partial charge in [0.2, 0.25) is 5.91 Å². The number of likely N-dealkylation sites (tertiary alicyclic amines) is 1. The number of fused-ring (bicyclic) bond motifs is 1. The molecule has 1 fully saturated rings. The van der Waals surface area contributed by atoms with Gasteiger partial charge in [0.15, 0.2) is 0 Å². The van der Waals surface area contributed by atoms with Crippen molar-refractivity contribution in [3.63, 3.8) is 0 Å². The molecule has 1 saturated heterocycles. The third-order valence-electron chi connectivity index (χ3n) is 6.14. The van der Waals surface area contributed by atoms with Crippen molar-refractivity contribution < 1.29 is 9.18 Å². The van der Waals surface area contributed by atoms with Gasteiger partial charge in [-0.25, -0.2) is 4.39 Å². The summed E-state index contributed by atoms with van der Waals surface area (Å²) in [5.41, 5.74) is 4.06. The largest absolute Gasteiger partial charge is 0.368 e. The monoisotopic (exact) mass is 411 g/mol. The number of carbonyl (C=O) groups is 1. The lowest BCUT2D eigenvalue weighted by Crippen LogP contribution is -2.44. The summed E-state index contributed by atoms with van der Waals surface area (Å²) >= 11 is 0. The lowest BCUT2D eigenvalue weighted by Gasteiger charge is -2.38. The third kappa shape index (κ3) is 5.82. The van der Waals surface area contributed by atoms with Crippen molar-refractivity contribution in [2.75, 3.05) is 31.1 Å². The summed E-state index contributed by atoms with van der Waals surface area (Å²) in [5.74, 6) is -0.149. The number of carbonyl (C=O) groups excluding carboxylic acids is 1. The summed E-state index contributed by atoms with van der Waals surface area (Å²) in [6, 6.07) is 15.4. The van der Waals surface area contributed by atoms with E-state index < -0.39 is 0 Å². The Bertz CT molecular complexity index is 818. The lowest BCUT2D eigenvalue weighted by atomic mass is 10.0. The van der Waals surface area contributed by atoms with Gasteiger partial charge in [-0.3, -0.25) is 4.79 Å². The molecule has 1 atom stereocenters. The van der Waals surface area contributed by atoms with Gasteiger partial charge in [-0.05, 0) is 62.1 Å². The average molecular weight is 412 g/mol. The van der Waals surface area contributed by atoms with Crippen molar-refractivity contribution in [1.82, 2.24) is 10.2 Å². The molecule has 0 aromatic heterocycles. The Hall–Kier alpha value is -2.40. The number of anilines is 1. The van der Waals surface area contributed by atoms with Gasteiger partial charge >= 0.3 is 0 Å². The van der Waals surface area contributed by atoms with Crippen LogP contribution in [0.5, 0.6) is 0 Å². The Balaban J connectivity index is 0.000000310. The van der Waals surface area contributed by atoms with E-state index in [4.69, 9.17) is 0 Å². The number of halogens is 1. The normalized spacial score (nSPS) is 17.7. The van der Waals surface area contributed by atoms with Crippen molar-refractivity contribution in [3.8, 4) is 0 Å². The van der Waals surface area contributed by atoms with Crippen LogP contribution in [0, 0.1) is 5.82 Å². The van der Waals surface area contributed by atoms with Gasteiger partial charge < -0.3 is 15.1 Å². The average Bonchev–Trinajstić information content (AvgIpc) is 3.17. The number of hydrogen-bond acceptors (Lipinski definition) is 3. The van der Waals surface area contributed by atoms with E-state index in [0.717, 1.165) is 13.0 Å². The fourth-order valence-electron chi connectivity index (χ4n) is 4.42. The first-order chi connectivity index (χ1) is 14.5. The van der Waals surface area contributed by atoms with Crippen LogP contribution in [0.3, 0.4) is 0 Å². The highest BCUT2D eigenvalue weighted by molar-refractivity contribution is 5.73. The number of nitrogens with zero attached hydrogens (tertiary/aromatic N) is 2. The molecule has 0 spiro atoms. The van der Waals surface area contributed by atoms with Crippen molar-refractivity contribution in [2.45, 2.75) is 52.1 Å². The van der Waals surface area contributed by atoms with Gasteiger partial charge in [-0.2, -0.15) is 0 Å². The molecule has 4 rings (SSSR count). The van der Waals surface area contributed by atoms with E-state index in [1.165, 1.54) is 61.4 Å². The molecule has 1 N–H and O–H groups in total. The van der Waals surface area contributed by atoms with E-state index in [1.807, 2.05) is 0 Å². The summed E-state index contributed by atoms with van der Waals surface area (Å²) < 4.78 is 11.9. The van der Waals surface area contributed by atoms with E-state index in [0.29, 0.717) is 6.04 Å². The van der Waals surface area contributed by atoms with Crippen LogP contribution in [0.4, 0.5) is 10.1 Å². The molecule has 1 unspecified atom stereocenters. The minimum atomic E-state index is -0.178. The fraction of sp³-hybridized carbons (Fsp3) is 0.480. The molecule has 0 saturated carbocycles. The second-order valence-electron chi connectivity index (χ2n) is 8.21. The summed E-state index contributed by atoms with van der Waals surface area (Å²) in [4.78, 5) is 16.5. The first-order valence-electron chi connectivity index (χ1n) is 11.1. The number of piperidine rings is 1. The highest BCUT2D eigenvalue weighted by Gasteiger charge is 2.29. The first-order valence-corrected chi connectivity index (χ1v) is 11.1. The Kier molecular flexibility index (Phi) is 7.86. The van der Waals surface area contributed by atoms with Gasteiger partial charge in [-0.15, -0.1) is 0 Å². The SMILES string of the molecule is CCN1CCC(N2CCc3ccc(C(C)NC(C)=O)cc32)CC1.Fc1ccccc1. The molecule has 2 heterocycles. The number of benzene rings is 2.